The van der Waals surface area contributed by atoms with Gasteiger partial charge in [0.2, 0.25) is 10.0 Å². The number of aliphatic hydroxyl groups excluding tert-OH is 1. The van der Waals surface area contributed by atoms with Gasteiger partial charge in [-0.3, -0.25) is 4.72 Å². The largest absolute Gasteiger partial charge is 0.392 e. The lowest BCUT2D eigenvalue weighted by Crippen LogP contribution is -2.16. The first-order chi connectivity index (χ1) is 9.89. The van der Waals surface area contributed by atoms with E-state index in [9.17, 15) is 12.8 Å². The van der Waals surface area contributed by atoms with E-state index >= 15 is 0 Å². The Morgan fingerprint density at radius 2 is 1.86 bits per heavy atom. The number of rotatable bonds is 5. The Balaban J connectivity index is 2.18. The van der Waals surface area contributed by atoms with E-state index < -0.39 is 15.8 Å². The molecule has 0 heterocycles. The fraction of sp³-hybridized carbons (Fsp3) is 0.143. The van der Waals surface area contributed by atoms with Crippen LogP contribution in [0.3, 0.4) is 0 Å². The average molecular weight is 421 g/mol. The molecule has 0 aliphatic heterocycles. The summed E-state index contributed by atoms with van der Waals surface area (Å²) in [6.07, 6.45) is 0. The summed E-state index contributed by atoms with van der Waals surface area (Å²) < 4.78 is 40.2. The zero-order chi connectivity index (χ0) is 15.5. The first-order valence-electron chi connectivity index (χ1n) is 6.04. The first-order valence-corrected chi connectivity index (χ1v) is 8.77. The molecule has 0 bridgehead atoms. The summed E-state index contributed by atoms with van der Waals surface area (Å²) in [6, 6.07) is 10.6. The summed E-state index contributed by atoms with van der Waals surface area (Å²) in [7, 11) is -3.61. The molecule has 2 aromatic carbocycles. The standard InChI is InChI=1S/C14H13FINO3S/c15-12-4-5-14(13(16)7-12)17-21(19,20)9-11-3-1-2-10(6-11)8-18/h1-7,17-18H,8-9H2. The summed E-state index contributed by atoms with van der Waals surface area (Å²) >= 11 is 1.87. The van der Waals surface area contributed by atoms with Gasteiger partial charge in [0.05, 0.1) is 18.0 Å². The lowest BCUT2D eigenvalue weighted by Gasteiger charge is -2.10. The molecular weight excluding hydrogens is 408 g/mol. The van der Waals surface area contributed by atoms with Crippen molar-refractivity contribution in [2.45, 2.75) is 12.4 Å². The molecule has 2 N–H and O–H groups in total. The van der Waals surface area contributed by atoms with E-state index in [0.717, 1.165) is 0 Å². The highest BCUT2D eigenvalue weighted by Gasteiger charge is 2.14. The molecule has 4 nitrogen and oxygen atoms in total. The van der Waals surface area contributed by atoms with Crippen LogP contribution in [0, 0.1) is 9.39 Å². The summed E-state index contributed by atoms with van der Waals surface area (Å²) in [4.78, 5) is 0. The SMILES string of the molecule is O=S(=O)(Cc1cccc(CO)c1)Nc1ccc(F)cc1I. The summed E-state index contributed by atoms with van der Waals surface area (Å²) in [6.45, 7) is -0.142. The second-order valence-electron chi connectivity index (χ2n) is 4.46. The normalized spacial score (nSPS) is 11.4. The molecule has 0 aliphatic rings. The molecule has 0 unspecified atom stereocenters. The van der Waals surface area contributed by atoms with Crippen LogP contribution in [-0.2, 0) is 22.4 Å². The van der Waals surface area contributed by atoms with Crippen LogP contribution in [0.1, 0.15) is 11.1 Å². The number of hydrogen-bond acceptors (Lipinski definition) is 3. The highest BCUT2D eigenvalue weighted by molar-refractivity contribution is 14.1. The van der Waals surface area contributed by atoms with E-state index in [0.29, 0.717) is 20.4 Å². The van der Waals surface area contributed by atoms with Crippen LogP contribution in [0.15, 0.2) is 42.5 Å². The van der Waals surface area contributed by atoms with Crippen LogP contribution in [0.5, 0.6) is 0 Å². The molecular formula is C14H13FINO3S. The third-order valence-corrected chi connectivity index (χ3v) is 4.86. The quantitative estimate of drug-likeness (QED) is 0.730. The molecule has 2 aromatic rings. The summed E-state index contributed by atoms with van der Waals surface area (Å²) in [5.74, 6) is -0.633. The maximum absolute atomic E-state index is 13.0. The predicted octanol–water partition coefficient (Wildman–Crippen LogP) is 2.86. The highest BCUT2D eigenvalue weighted by Crippen LogP contribution is 2.21. The highest BCUT2D eigenvalue weighted by atomic mass is 127. The van der Waals surface area contributed by atoms with Gasteiger partial charge in [-0.15, -0.1) is 0 Å². The lowest BCUT2D eigenvalue weighted by atomic mass is 10.1. The lowest BCUT2D eigenvalue weighted by molar-refractivity contribution is 0.282. The van der Waals surface area contributed by atoms with Crippen molar-refractivity contribution in [3.8, 4) is 0 Å². The van der Waals surface area contributed by atoms with E-state index in [1.165, 1.54) is 18.2 Å². The molecule has 0 radical (unpaired) electrons. The van der Waals surface area contributed by atoms with Crippen molar-refractivity contribution in [2.75, 3.05) is 4.72 Å². The monoisotopic (exact) mass is 421 g/mol. The van der Waals surface area contributed by atoms with Crippen molar-refractivity contribution >= 4 is 38.3 Å². The van der Waals surface area contributed by atoms with Gasteiger partial charge in [0, 0.05) is 3.57 Å². The Bertz CT molecular complexity index is 750. The molecule has 7 heteroatoms. The molecule has 0 saturated heterocycles. The summed E-state index contributed by atoms with van der Waals surface area (Å²) in [5.41, 5.74) is 1.57. The third-order valence-electron chi connectivity index (χ3n) is 2.73. The molecule has 0 spiro atoms. The average Bonchev–Trinajstić information content (AvgIpc) is 2.41. The fourth-order valence-corrected chi connectivity index (χ4v) is 3.81. The fourth-order valence-electron chi connectivity index (χ4n) is 1.81. The van der Waals surface area contributed by atoms with Crippen molar-refractivity contribution in [1.82, 2.24) is 0 Å². The van der Waals surface area contributed by atoms with Gasteiger partial charge in [0.1, 0.15) is 5.82 Å². The molecule has 0 aliphatic carbocycles. The van der Waals surface area contributed by atoms with E-state index in [1.54, 1.807) is 24.3 Å². The van der Waals surface area contributed by atoms with Gasteiger partial charge in [-0.25, -0.2) is 12.8 Å². The van der Waals surface area contributed by atoms with Gasteiger partial charge in [-0.2, -0.15) is 0 Å². The number of nitrogens with one attached hydrogen (secondary N) is 1. The Labute approximate surface area is 136 Å². The van der Waals surface area contributed by atoms with Crippen LogP contribution in [0.25, 0.3) is 0 Å². The van der Waals surface area contributed by atoms with Gasteiger partial charge in [-0.1, -0.05) is 24.3 Å². The van der Waals surface area contributed by atoms with Gasteiger partial charge >= 0.3 is 0 Å². The Hall–Kier alpha value is -1.19. The zero-order valence-corrected chi connectivity index (χ0v) is 13.9. The second kappa shape index (κ2) is 6.71. The van der Waals surface area contributed by atoms with Crippen LogP contribution in [0.4, 0.5) is 10.1 Å². The van der Waals surface area contributed by atoms with Crippen molar-refractivity contribution in [3.05, 3.63) is 63.0 Å². The molecule has 0 saturated carbocycles. The van der Waals surface area contributed by atoms with Crippen LogP contribution in [0.2, 0.25) is 0 Å². The van der Waals surface area contributed by atoms with E-state index in [2.05, 4.69) is 4.72 Å². The topological polar surface area (TPSA) is 66.4 Å². The molecule has 0 amide bonds. The third kappa shape index (κ3) is 4.65. The van der Waals surface area contributed by atoms with Crippen molar-refractivity contribution < 1.29 is 17.9 Å². The Morgan fingerprint density at radius 3 is 2.52 bits per heavy atom. The summed E-state index contributed by atoms with van der Waals surface area (Å²) in [5, 5.41) is 9.06. The van der Waals surface area contributed by atoms with Gasteiger partial charge in [0.15, 0.2) is 0 Å². The molecule has 2 rings (SSSR count). The number of anilines is 1. The zero-order valence-electron chi connectivity index (χ0n) is 10.9. The van der Waals surface area contributed by atoms with Gasteiger partial charge in [0.25, 0.3) is 0 Å². The number of benzene rings is 2. The van der Waals surface area contributed by atoms with Crippen LogP contribution >= 0.6 is 22.6 Å². The van der Waals surface area contributed by atoms with Crippen LogP contribution < -0.4 is 4.72 Å². The number of halogens is 2. The minimum atomic E-state index is -3.61. The second-order valence-corrected chi connectivity index (χ2v) is 7.35. The Kier molecular flexibility index (Phi) is 5.17. The molecule has 112 valence electrons. The van der Waals surface area contributed by atoms with Gasteiger partial charge < -0.3 is 5.11 Å². The number of sulfonamides is 1. The van der Waals surface area contributed by atoms with Crippen molar-refractivity contribution in [1.29, 1.82) is 0 Å². The maximum atomic E-state index is 13.0. The molecule has 21 heavy (non-hydrogen) atoms. The first kappa shape index (κ1) is 16.2. The van der Waals surface area contributed by atoms with E-state index in [-0.39, 0.29) is 12.4 Å². The Morgan fingerprint density at radius 1 is 1.14 bits per heavy atom. The minimum absolute atomic E-state index is 0.142. The van der Waals surface area contributed by atoms with E-state index in [1.807, 2.05) is 22.6 Å². The maximum Gasteiger partial charge on any atom is 0.236 e. The molecule has 0 atom stereocenters. The predicted molar refractivity (Wildman–Crippen MR) is 87.7 cm³/mol. The molecule has 0 aromatic heterocycles. The van der Waals surface area contributed by atoms with Crippen LogP contribution in [-0.4, -0.2) is 13.5 Å². The number of hydrogen-bond donors (Lipinski definition) is 2. The van der Waals surface area contributed by atoms with E-state index in [4.69, 9.17) is 5.11 Å². The van der Waals surface area contributed by atoms with Crippen molar-refractivity contribution in [3.63, 3.8) is 0 Å². The molecule has 0 fully saturated rings. The van der Waals surface area contributed by atoms with Crippen molar-refractivity contribution in [2.24, 2.45) is 0 Å². The number of aliphatic hydroxyl groups is 1. The van der Waals surface area contributed by atoms with Gasteiger partial charge in [-0.05, 0) is 51.9 Å². The minimum Gasteiger partial charge on any atom is -0.392 e. The smallest absolute Gasteiger partial charge is 0.236 e.